The number of anilines is 1. The van der Waals surface area contributed by atoms with Crippen molar-refractivity contribution < 1.29 is 46.4 Å². The smallest absolute Gasteiger partial charge is 0.221 e. The Morgan fingerprint density at radius 2 is 0.488 bits per heavy atom. The number of aryl methyl sites for hydroxylation is 5. The molecule has 0 aromatic heterocycles. The van der Waals surface area contributed by atoms with Gasteiger partial charge in [-0.1, -0.05) is 235 Å². The number of benzene rings is 14. The Morgan fingerprint density at radius 3 is 0.777 bits per heavy atom. The van der Waals surface area contributed by atoms with Crippen LogP contribution in [0, 0.1) is 52.1 Å². The van der Waals surface area contributed by atoms with E-state index in [2.05, 4.69) is 160 Å². The Bertz CT molecular complexity index is 5860. The van der Waals surface area contributed by atoms with E-state index in [0.717, 1.165) is 107 Å². The molecule has 0 fully saturated rings. The van der Waals surface area contributed by atoms with Gasteiger partial charge < -0.3 is 33.7 Å². The van der Waals surface area contributed by atoms with Crippen molar-refractivity contribution in [1.29, 1.82) is 0 Å². The number of ether oxygens (including phenoxy) is 6. The summed E-state index contributed by atoms with van der Waals surface area (Å²) in [5, 5.41) is 3.36. The molecule has 0 saturated heterocycles. The van der Waals surface area contributed by atoms with E-state index in [1.807, 2.05) is 153 Å². The van der Waals surface area contributed by atoms with Crippen LogP contribution >= 0.6 is 11.6 Å². The zero-order valence-electron chi connectivity index (χ0n) is 67.3. The number of rotatable bonds is 9. The quantitative estimate of drug-likeness (QED) is 0.151. The lowest BCUT2D eigenvalue weighted by Gasteiger charge is -2.17. The van der Waals surface area contributed by atoms with E-state index in [-0.39, 0.29) is 23.4 Å². The second-order valence-electron chi connectivity index (χ2n) is 29.2. The average Bonchev–Trinajstić information content (AvgIpc) is 0.838. The molecule has 18 heteroatoms. The second kappa shape index (κ2) is 38.2. The van der Waals surface area contributed by atoms with Crippen LogP contribution in [0.3, 0.4) is 0 Å². The van der Waals surface area contributed by atoms with Crippen LogP contribution in [0.2, 0.25) is 5.02 Å². The summed E-state index contributed by atoms with van der Waals surface area (Å²) >= 11 is 5.93. The molecule has 600 valence electrons. The summed E-state index contributed by atoms with van der Waals surface area (Å²) in [7, 11) is 0. The number of carbonyl (C=O) groups is 1. The minimum Gasteiger partial charge on any atom is -0.485 e. The highest BCUT2D eigenvalue weighted by atomic mass is 35.5. The first-order chi connectivity index (χ1) is 58.9. The number of hydrogen-bond donors (Lipinski definition) is 1. The van der Waals surface area contributed by atoms with Crippen molar-refractivity contribution in [2.24, 2.45) is 30.0 Å². The van der Waals surface area contributed by atoms with Crippen LogP contribution in [0.5, 0.6) is 34.5 Å². The van der Waals surface area contributed by atoms with E-state index >= 15 is 0 Å². The van der Waals surface area contributed by atoms with Gasteiger partial charge in [-0.2, -0.15) is 0 Å². The fourth-order valence-corrected chi connectivity index (χ4v) is 13.6. The van der Waals surface area contributed by atoms with Gasteiger partial charge in [0.25, 0.3) is 0 Å². The molecule has 14 aromatic carbocycles. The van der Waals surface area contributed by atoms with Crippen LogP contribution in [0.4, 0.5) is 53.0 Å². The van der Waals surface area contributed by atoms with Gasteiger partial charge in [-0.05, 0) is 186 Å². The Kier molecular flexibility index (Phi) is 25.8. The number of fused-ring (bicyclic) bond motifs is 6. The number of aliphatic imine (C=N–C) groups is 6. The fourth-order valence-electron chi connectivity index (χ4n) is 13.4. The van der Waals surface area contributed by atoms with Gasteiger partial charge in [0.15, 0.2) is 0 Å². The molecule has 6 aliphatic rings. The molecule has 0 bridgehead atoms. The van der Waals surface area contributed by atoms with Gasteiger partial charge in [0.05, 0.1) is 34.3 Å². The number of nitrogens with one attached hydrogen (secondary N) is 1. The molecule has 1 N–H and O–H groups in total. The third-order valence-corrected chi connectivity index (χ3v) is 20.2. The van der Waals surface area contributed by atoms with Gasteiger partial charge in [-0.15, -0.1) is 0 Å². The van der Waals surface area contributed by atoms with Crippen LogP contribution in [-0.2, 0) is 4.79 Å². The molecule has 0 aliphatic carbocycles. The Hall–Kier alpha value is -14.6. The lowest BCUT2D eigenvalue weighted by Crippen LogP contribution is -2.16. The van der Waals surface area contributed by atoms with Crippen LogP contribution < -0.4 is 33.7 Å². The van der Waals surface area contributed by atoms with Crippen molar-refractivity contribution in [2.75, 3.05) is 45.0 Å². The SMILES string of the molecule is CC(=O)Nc1ccc(C2=Nc3ccc(Cl)cc3OC2)cc1.Cc1ccc(C2=Nc3ccc(C)cc3OC2)cc1.Cc1ccc(C2=Nc3ccc(F)cc3OC2)cc1.Cc1ccc(C2=Nc3ccc(F)cc3OC2)cc1.Cc1ccc2c(c1)OCC(c1ccc(-c3ccccc3)cc1)=N2.Fc1ccc2c(c1)OCC(c1ccc(-c3ccccc3)cc1)=N2. The van der Waals surface area contributed by atoms with E-state index in [0.29, 0.717) is 84.7 Å². The lowest BCUT2D eigenvalue weighted by molar-refractivity contribution is -0.114. The van der Waals surface area contributed by atoms with Crippen molar-refractivity contribution in [3.63, 3.8) is 0 Å². The zero-order valence-corrected chi connectivity index (χ0v) is 68.1. The van der Waals surface area contributed by atoms with Crippen LogP contribution in [0.15, 0.2) is 345 Å². The van der Waals surface area contributed by atoms with E-state index in [4.69, 9.17) is 45.0 Å². The van der Waals surface area contributed by atoms with Crippen molar-refractivity contribution in [2.45, 2.75) is 41.5 Å². The van der Waals surface area contributed by atoms with Crippen LogP contribution in [0.25, 0.3) is 22.3 Å². The van der Waals surface area contributed by atoms with Crippen molar-refractivity contribution in [3.8, 4) is 56.8 Å². The predicted molar refractivity (Wildman–Crippen MR) is 481 cm³/mol. The third-order valence-electron chi connectivity index (χ3n) is 20.0. The maximum absolute atomic E-state index is 13.2. The normalized spacial score (nSPS) is 13.2. The van der Waals surface area contributed by atoms with E-state index in [9.17, 15) is 18.0 Å². The Morgan fingerprint density at radius 1 is 0.264 bits per heavy atom. The number of hydrogen-bond acceptors (Lipinski definition) is 13. The maximum atomic E-state index is 13.2. The molecule has 20 rings (SSSR count). The minimum absolute atomic E-state index is 0.0908. The number of halogens is 4. The van der Waals surface area contributed by atoms with Crippen molar-refractivity contribution >= 4 is 91.6 Å². The number of carbonyl (C=O) groups excluding carboxylic acids is 1. The molecular formula is C103H83ClF3N7O7. The van der Waals surface area contributed by atoms with Gasteiger partial charge in [-0.3, -0.25) is 4.79 Å². The lowest BCUT2D eigenvalue weighted by atomic mass is 10.0. The van der Waals surface area contributed by atoms with Gasteiger partial charge in [0.1, 0.15) is 126 Å². The molecule has 14 nitrogen and oxygen atoms in total. The first kappa shape index (κ1) is 81.6. The second-order valence-corrected chi connectivity index (χ2v) is 29.7. The molecule has 1 amide bonds. The van der Waals surface area contributed by atoms with E-state index in [1.54, 1.807) is 30.3 Å². The highest BCUT2D eigenvalue weighted by molar-refractivity contribution is 6.31. The topological polar surface area (TPSA) is 159 Å². The number of amides is 1. The fraction of sp³-hybridized carbons (Fsp3) is 0.117. The molecule has 6 aliphatic heterocycles. The van der Waals surface area contributed by atoms with Crippen LogP contribution in [-0.4, -0.2) is 79.8 Å². The summed E-state index contributed by atoms with van der Waals surface area (Å²) in [6, 6.07) is 100. The molecule has 6 heterocycles. The third kappa shape index (κ3) is 21.4. The summed E-state index contributed by atoms with van der Waals surface area (Å²) in [5.74, 6) is 2.94. The first-order valence-corrected chi connectivity index (χ1v) is 39.8. The number of nitrogens with zero attached hydrogens (tertiary/aromatic N) is 6. The maximum Gasteiger partial charge on any atom is 0.221 e. The summed E-state index contributed by atoms with van der Waals surface area (Å²) in [5.41, 5.74) is 27.9. The molecule has 0 unspecified atom stereocenters. The molecular weight excluding hydrogens is 1540 g/mol. The van der Waals surface area contributed by atoms with Crippen molar-refractivity contribution in [1.82, 2.24) is 0 Å². The highest BCUT2D eigenvalue weighted by Crippen LogP contribution is 2.39. The van der Waals surface area contributed by atoms with E-state index < -0.39 is 0 Å². The largest absolute Gasteiger partial charge is 0.485 e. The summed E-state index contributed by atoms with van der Waals surface area (Å²) in [6.45, 7) is 14.3. The molecule has 0 radical (unpaired) electrons. The summed E-state index contributed by atoms with van der Waals surface area (Å²) in [4.78, 5) is 38.6. The highest BCUT2D eigenvalue weighted by Gasteiger charge is 2.22. The predicted octanol–water partition coefficient (Wildman–Crippen LogP) is 25.1. The Balaban J connectivity index is 0.000000113. The summed E-state index contributed by atoms with van der Waals surface area (Å²) in [6.07, 6.45) is 0. The van der Waals surface area contributed by atoms with Crippen LogP contribution in [0.1, 0.15) is 68.1 Å². The van der Waals surface area contributed by atoms with E-state index in [1.165, 1.54) is 87.8 Å². The first-order valence-electron chi connectivity index (χ1n) is 39.4. The van der Waals surface area contributed by atoms with Gasteiger partial charge in [0, 0.05) is 41.9 Å². The van der Waals surface area contributed by atoms with Crippen molar-refractivity contribution in [3.05, 3.63) is 399 Å². The molecule has 0 spiro atoms. The molecule has 0 saturated carbocycles. The molecule has 0 atom stereocenters. The Labute approximate surface area is 706 Å². The standard InChI is InChI=1S/C21H17NO.C20H14FNO.C16H13ClN2O2.C16H15NO.2C15H12FNO/c1-15-7-12-19-21(13-15)23-14-20(22-19)18-10-8-17(9-11-18)16-5-3-2-4-6-16;21-17-10-11-18-20(12-17)23-13-19(22-18)16-8-6-15(7-9-16)14-4-2-1-3-5-14;1-10(20)18-13-5-2-11(3-6-13)15-9-21-16-8-12(17)4-7-14(16)19-15;1-11-3-6-13(7-4-11)15-10-18-16-9-12(2)5-8-14(16)17-15;2*1-10-2-4-11(5-3-10)14-9-18-15-8-12(16)6-7-13(15)17-14/h2-13H,14H2,1H3;1-12H,13H2;2-8H,9H2,1H3,(H,18,20);3-9H,10H2,1-2H3;2*2-8H,9H2,1H3. The average molecular weight is 1620 g/mol. The minimum atomic E-state index is -0.311. The monoisotopic (exact) mass is 1620 g/mol. The van der Waals surface area contributed by atoms with Gasteiger partial charge in [0.2, 0.25) is 5.91 Å². The molecule has 121 heavy (non-hydrogen) atoms. The van der Waals surface area contributed by atoms with Gasteiger partial charge >= 0.3 is 0 Å². The molecule has 14 aromatic rings. The van der Waals surface area contributed by atoms with Gasteiger partial charge in [-0.25, -0.2) is 43.1 Å². The summed E-state index contributed by atoms with van der Waals surface area (Å²) < 4.78 is 73.2. The zero-order chi connectivity index (χ0) is 83.7.